The van der Waals surface area contributed by atoms with Crippen molar-refractivity contribution in [2.75, 3.05) is 52.5 Å². The Labute approximate surface area is 135 Å². The molecule has 22 heavy (non-hydrogen) atoms. The number of guanidine groups is 1. The number of rotatable bonds is 5. The Morgan fingerprint density at radius 2 is 2.14 bits per heavy atom. The summed E-state index contributed by atoms with van der Waals surface area (Å²) in [6.45, 7) is 12.4. The van der Waals surface area contributed by atoms with Crippen LogP contribution in [0.1, 0.15) is 33.1 Å². The molecule has 3 aliphatic rings. The number of piperidine rings is 1. The molecule has 0 unspecified atom stereocenters. The maximum absolute atomic E-state index is 5.41. The van der Waals surface area contributed by atoms with Crippen molar-refractivity contribution in [3.05, 3.63) is 0 Å². The van der Waals surface area contributed by atoms with Crippen molar-refractivity contribution in [3.8, 4) is 0 Å². The minimum absolute atomic E-state index is 0.725. The minimum atomic E-state index is 0.725. The lowest BCUT2D eigenvalue weighted by molar-refractivity contribution is 0.155. The second-order valence-electron chi connectivity index (χ2n) is 6.82. The summed E-state index contributed by atoms with van der Waals surface area (Å²) in [7, 11) is 0. The van der Waals surface area contributed by atoms with Gasteiger partial charge in [0.1, 0.15) is 0 Å². The zero-order chi connectivity index (χ0) is 15.4. The van der Waals surface area contributed by atoms with Crippen LogP contribution in [0, 0.1) is 11.8 Å². The standard InChI is InChI=1S/C17H32N4O/c1-3-18-17(19-8-10-22-4-2)21-12-14-11-20-9-6-5-7-16(20)15(14)13-21/h14-16H,3-13H2,1-2H3,(H,18,19)/t14-,15-,16+/m0/s1. The molecule has 0 aromatic carbocycles. The molecule has 3 atom stereocenters. The molecular formula is C17H32N4O. The lowest BCUT2D eigenvalue weighted by Crippen LogP contribution is -2.44. The smallest absolute Gasteiger partial charge is 0.194 e. The highest BCUT2D eigenvalue weighted by atomic mass is 16.5. The van der Waals surface area contributed by atoms with E-state index < -0.39 is 0 Å². The third kappa shape index (κ3) is 3.40. The number of likely N-dealkylation sites (tertiary alicyclic amines) is 1. The van der Waals surface area contributed by atoms with Gasteiger partial charge in [-0.15, -0.1) is 0 Å². The molecule has 0 bridgehead atoms. The molecule has 0 radical (unpaired) electrons. The molecule has 3 saturated heterocycles. The molecule has 126 valence electrons. The number of fused-ring (bicyclic) bond motifs is 3. The first-order valence-corrected chi connectivity index (χ1v) is 9.18. The molecule has 0 spiro atoms. The SMILES string of the molecule is CCNC(=NCCOCC)N1C[C@@H]2CN3CCCC[C@@H]3[C@H]2C1. The molecule has 5 nitrogen and oxygen atoms in total. The van der Waals surface area contributed by atoms with Crippen LogP contribution < -0.4 is 5.32 Å². The molecule has 3 fully saturated rings. The van der Waals surface area contributed by atoms with Crippen molar-refractivity contribution in [2.45, 2.75) is 39.2 Å². The summed E-state index contributed by atoms with van der Waals surface area (Å²) in [5, 5.41) is 3.47. The van der Waals surface area contributed by atoms with Crippen LogP contribution in [0.4, 0.5) is 0 Å². The number of aliphatic imine (C=N–C) groups is 1. The molecule has 5 heteroatoms. The average Bonchev–Trinajstić information content (AvgIpc) is 3.08. The van der Waals surface area contributed by atoms with Crippen molar-refractivity contribution in [2.24, 2.45) is 16.8 Å². The summed E-state index contributed by atoms with van der Waals surface area (Å²) in [4.78, 5) is 10.0. The van der Waals surface area contributed by atoms with Gasteiger partial charge in [-0.05, 0) is 45.1 Å². The Bertz CT molecular complexity index is 387. The molecular weight excluding hydrogens is 276 g/mol. The Hall–Kier alpha value is -0.810. The topological polar surface area (TPSA) is 40.1 Å². The first kappa shape index (κ1) is 16.1. The van der Waals surface area contributed by atoms with Crippen LogP contribution in [0.2, 0.25) is 0 Å². The van der Waals surface area contributed by atoms with Gasteiger partial charge in [0.2, 0.25) is 0 Å². The van der Waals surface area contributed by atoms with E-state index >= 15 is 0 Å². The van der Waals surface area contributed by atoms with E-state index in [9.17, 15) is 0 Å². The van der Waals surface area contributed by atoms with Crippen LogP contribution in [0.5, 0.6) is 0 Å². The predicted octanol–water partition coefficient (Wildman–Crippen LogP) is 1.40. The van der Waals surface area contributed by atoms with Crippen molar-refractivity contribution in [1.29, 1.82) is 0 Å². The summed E-state index contributed by atoms with van der Waals surface area (Å²) in [5.74, 6) is 2.80. The predicted molar refractivity (Wildman–Crippen MR) is 90.2 cm³/mol. The van der Waals surface area contributed by atoms with E-state index in [-0.39, 0.29) is 0 Å². The third-order valence-corrected chi connectivity index (χ3v) is 5.45. The largest absolute Gasteiger partial charge is 0.380 e. The highest BCUT2D eigenvalue weighted by Gasteiger charge is 2.47. The lowest BCUT2D eigenvalue weighted by atomic mass is 9.90. The summed E-state index contributed by atoms with van der Waals surface area (Å²) in [6, 6.07) is 0.843. The van der Waals surface area contributed by atoms with E-state index in [4.69, 9.17) is 9.73 Å². The molecule has 0 saturated carbocycles. The van der Waals surface area contributed by atoms with Crippen LogP contribution in [0.3, 0.4) is 0 Å². The van der Waals surface area contributed by atoms with E-state index in [0.717, 1.165) is 50.1 Å². The van der Waals surface area contributed by atoms with Gasteiger partial charge in [-0.25, -0.2) is 0 Å². The number of hydrogen-bond donors (Lipinski definition) is 1. The molecule has 3 rings (SSSR count). The fraction of sp³-hybridized carbons (Fsp3) is 0.941. The maximum atomic E-state index is 5.41. The van der Waals surface area contributed by atoms with E-state index in [0.29, 0.717) is 0 Å². The molecule has 0 aromatic heterocycles. The zero-order valence-electron chi connectivity index (χ0n) is 14.3. The van der Waals surface area contributed by atoms with Gasteiger partial charge in [0.05, 0.1) is 13.2 Å². The van der Waals surface area contributed by atoms with E-state index in [1.807, 2.05) is 6.92 Å². The monoisotopic (exact) mass is 308 g/mol. The average molecular weight is 308 g/mol. The summed E-state index contributed by atoms with van der Waals surface area (Å²) in [5.41, 5.74) is 0. The highest BCUT2D eigenvalue weighted by Crippen LogP contribution is 2.40. The van der Waals surface area contributed by atoms with E-state index in [1.165, 1.54) is 45.4 Å². The van der Waals surface area contributed by atoms with Crippen molar-refractivity contribution in [1.82, 2.24) is 15.1 Å². The Balaban J connectivity index is 1.58. The van der Waals surface area contributed by atoms with Crippen molar-refractivity contribution in [3.63, 3.8) is 0 Å². The maximum Gasteiger partial charge on any atom is 0.194 e. The number of nitrogens with one attached hydrogen (secondary N) is 1. The van der Waals surface area contributed by atoms with Gasteiger partial charge in [-0.3, -0.25) is 9.89 Å². The molecule has 0 amide bonds. The molecule has 1 N–H and O–H groups in total. The van der Waals surface area contributed by atoms with Crippen molar-refractivity contribution < 1.29 is 4.74 Å². The molecule has 0 aliphatic carbocycles. The summed E-state index contributed by atoms with van der Waals surface area (Å²) < 4.78 is 5.41. The minimum Gasteiger partial charge on any atom is -0.380 e. The normalized spacial score (nSPS) is 32.2. The summed E-state index contributed by atoms with van der Waals surface area (Å²) >= 11 is 0. The van der Waals surface area contributed by atoms with E-state index in [1.54, 1.807) is 0 Å². The van der Waals surface area contributed by atoms with Gasteiger partial charge in [0, 0.05) is 38.8 Å². The van der Waals surface area contributed by atoms with Gasteiger partial charge in [-0.1, -0.05) is 6.42 Å². The molecule has 0 aromatic rings. The Morgan fingerprint density at radius 3 is 2.95 bits per heavy atom. The van der Waals surface area contributed by atoms with Crippen LogP contribution >= 0.6 is 0 Å². The number of ether oxygens (including phenoxy) is 1. The van der Waals surface area contributed by atoms with Gasteiger partial charge in [-0.2, -0.15) is 0 Å². The summed E-state index contributed by atoms with van der Waals surface area (Å²) in [6.07, 6.45) is 4.24. The van der Waals surface area contributed by atoms with Gasteiger partial charge < -0.3 is 15.0 Å². The molecule has 3 heterocycles. The second kappa shape index (κ2) is 7.64. The van der Waals surface area contributed by atoms with Crippen LogP contribution in [-0.4, -0.2) is 74.3 Å². The number of nitrogens with zero attached hydrogens (tertiary/aromatic N) is 3. The molecule has 3 aliphatic heterocycles. The fourth-order valence-electron chi connectivity index (χ4n) is 4.51. The van der Waals surface area contributed by atoms with Gasteiger partial charge >= 0.3 is 0 Å². The Kier molecular flexibility index (Phi) is 5.58. The zero-order valence-corrected chi connectivity index (χ0v) is 14.3. The number of hydrogen-bond acceptors (Lipinski definition) is 3. The van der Waals surface area contributed by atoms with E-state index in [2.05, 4.69) is 22.0 Å². The third-order valence-electron chi connectivity index (χ3n) is 5.45. The quantitative estimate of drug-likeness (QED) is 0.473. The van der Waals surface area contributed by atoms with Gasteiger partial charge in [0.15, 0.2) is 5.96 Å². The Morgan fingerprint density at radius 1 is 1.23 bits per heavy atom. The van der Waals surface area contributed by atoms with Gasteiger partial charge in [0.25, 0.3) is 0 Å². The van der Waals surface area contributed by atoms with Crippen LogP contribution in [0.25, 0.3) is 0 Å². The fourth-order valence-corrected chi connectivity index (χ4v) is 4.51. The van der Waals surface area contributed by atoms with Crippen LogP contribution in [0.15, 0.2) is 4.99 Å². The first-order valence-electron chi connectivity index (χ1n) is 9.18. The second-order valence-corrected chi connectivity index (χ2v) is 6.82. The highest BCUT2D eigenvalue weighted by molar-refractivity contribution is 5.80. The van der Waals surface area contributed by atoms with Crippen molar-refractivity contribution >= 4 is 5.96 Å². The lowest BCUT2D eigenvalue weighted by Gasteiger charge is -2.33. The van der Waals surface area contributed by atoms with Crippen LogP contribution in [-0.2, 0) is 4.74 Å². The first-order chi connectivity index (χ1) is 10.8.